The molecule has 2 aromatic heterocycles. The molecule has 0 radical (unpaired) electrons. The lowest BCUT2D eigenvalue weighted by molar-refractivity contribution is 0.843. The molecule has 0 aromatic carbocycles. The topological polar surface area (TPSA) is 38.9 Å². The van der Waals surface area contributed by atoms with Gasteiger partial charge in [-0.3, -0.25) is 0 Å². The van der Waals surface area contributed by atoms with Crippen LogP contribution in [0.15, 0.2) is 27.7 Å². The van der Waals surface area contributed by atoms with E-state index in [1.54, 1.807) is 22.7 Å². The highest BCUT2D eigenvalue weighted by molar-refractivity contribution is 7.08. The normalized spacial score (nSPS) is 13.1. The third-order valence-corrected chi connectivity index (χ3v) is 2.98. The van der Waals surface area contributed by atoms with E-state index in [0.29, 0.717) is 0 Å². The average molecular weight is 196 g/mol. The van der Waals surface area contributed by atoms with Gasteiger partial charge < -0.3 is 5.73 Å². The first-order valence-electron chi connectivity index (χ1n) is 3.53. The molecule has 62 valence electrons. The van der Waals surface area contributed by atoms with E-state index in [1.807, 2.05) is 22.3 Å². The molecule has 12 heavy (non-hydrogen) atoms. The Morgan fingerprint density at radius 3 is 2.83 bits per heavy atom. The van der Waals surface area contributed by atoms with Crippen LogP contribution in [-0.2, 0) is 0 Å². The Balaban J connectivity index is 2.27. The first kappa shape index (κ1) is 7.91. The van der Waals surface area contributed by atoms with Crippen LogP contribution in [0.5, 0.6) is 0 Å². The fraction of sp³-hybridized carbons (Fsp3) is 0.125. The van der Waals surface area contributed by atoms with Gasteiger partial charge in [-0.2, -0.15) is 11.3 Å². The zero-order valence-corrected chi connectivity index (χ0v) is 7.94. The SMILES string of the molecule is NC(c1ccsc1)c1cscn1. The second-order valence-corrected chi connectivity index (χ2v) is 3.95. The van der Waals surface area contributed by atoms with Crippen LogP contribution < -0.4 is 5.73 Å². The van der Waals surface area contributed by atoms with E-state index < -0.39 is 0 Å². The summed E-state index contributed by atoms with van der Waals surface area (Å²) in [5.74, 6) is 0. The fourth-order valence-electron chi connectivity index (χ4n) is 0.998. The predicted molar refractivity (Wildman–Crippen MR) is 52.5 cm³/mol. The summed E-state index contributed by atoms with van der Waals surface area (Å²) in [6.07, 6.45) is 0. The van der Waals surface area contributed by atoms with Crippen molar-refractivity contribution >= 4 is 22.7 Å². The number of nitrogens with zero attached hydrogens (tertiary/aromatic N) is 1. The number of thiophene rings is 1. The predicted octanol–water partition coefficient (Wildman–Crippen LogP) is 2.25. The van der Waals surface area contributed by atoms with Gasteiger partial charge in [-0.05, 0) is 22.4 Å². The van der Waals surface area contributed by atoms with Crippen molar-refractivity contribution in [1.82, 2.24) is 4.98 Å². The van der Waals surface area contributed by atoms with Gasteiger partial charge in [-0.15, -0.1) is 11.3 Å². The number of aromatic nitrogens is 1. The highest BCUT2D eigenvalue weighted by atomic mass is 32.1. The second-order valence-electron chi connectivity index (χ2n) is 2.45. The van der Waals surface area contributed by atoms with Crippen molar-refractivity contribution in [3.05, 3.63) is 39.0 Å². The van der Waals surface area contributed by atoms with E-state index in [-0.39, 0.29) is 6.04 Å². The van der Waals surface area contributed by atoms with Crippen LogP contribution in [-0.4, -0.2) is 4.98 Å². The quantitative estimate of drug-likeness (QED) is 0.800. The molecule has 0 bridgehead atoms. The smallest absolute Gasteiger partial charge is 0.0795 e. The average Bonchev–Trinajstić information content (AvgIpc) is 2.77. The molecule has 2 N–H and O–H groups in total. The fourth-order valence-corrected chi connectivity index (χ4v) is 2.29. The van der Waals surface area contributed by atoms with Gasteiger partial charge in [-0.25, -0.2) is 4.98 Å². The maximum Gasteiger partial charge on any atom is 0.0795 e. The van der Waals surface area contributed by atoms with Gasteiger partial charge in [0, 0.05) is 5.38 Å². The highest BCUT2D eigenvalue weighted by Gasteiger charge is 2.09. The molecule has 0 aliphatic carbocycles. The van der Waals surface area contributed by atoms with Crippen molar-refractivity contribution in [2.45, 2.75) is 6.04 Å². The monoisotopic (exact) mass is 196 g/mol. The lowest BCUT2D eigenvalue weighted by Gasteiger charge is -2.04. The van der Waals surface area contributed by atoms with Gasteiger partial charge in [0.25, 0.3) is 0 Å². The summed E-state index contributed by atoms with van der Waals surface area (Å²) in [6.45, 7) is 0. The van der Waals surface area contributed by atoms with Crippen LogP contribution in [0.25, 0.3) is 0 Å². The van der Waals surface area contributed by atoms with Gasteiger partial charge >= 0.3 is 0 Å². The zero-order valence-electron chi connectivity index (χ0n) is 6.31. The van der Waals surface area contributed by atoms with Gasteiger partial charge in [0.15, 0.2) is 0 Å². The molecule has 4 heteroatoms. The molecule has 0 saturated heterocycles. The minimum Gasteiger partial charge on any atom is -0.319 e. The molecule has 2 heterocycles. The number of nitrogens with two attached hydrogens (primary N) is 1. The molecule has 1 unspecified atom stereocenters. The summed E-state index contributed by atoms with van der Waals surface area (Å²) < 4.78 is 0. The van der Waals surface area contributed by atoms with Crippen molar-refractivity contribution in [3.63, 3.8) is 0 Å². The molecule has 2 nitrogen and oxygen atoms in total. The van der Waals surface area contributed by atoms with E-state index in [9.17, 15) is 0 Å². The van der Waals surface area contributed by atoms with E-state index in [4.69, 9.17) is 5.73 Å². The molecule has 2 aromatic rings. The lowest BCUT2D eigenvalue weighted by Crippen LogP contribution is -2.10. The van der Waals surface area contributed by atoms with Crippen LogP contribution in [0.4, 0.5) is 0 Å². The van der Waals surface area contributed by atoms with E-state index in [1.165, 1.54) is 0 Å². The van der Waals surface area contributed by atoms with Gasteiger partial charge in [0.05, 0.1) is 17.2 Å². The third-order valence-electron chi connectivity index (χ3n) is 1.67. The van der Waals surface area contributed by atoms with Crippen LogP contribution >= 0.6 is 22.7 Å². The Kier molecular flexibility index (Phi) is 2.21. The molecule has 2 rings (SSSR count). The zero-order chi connectivity index (χ0) is 8.39. The van der Waals surface area contributed by atoms with Gasteiger partial charge in [0.2, 0.25) is 0 Å². The van der Waals surface area contributed by atoms with Gasteiger partial charge in [-0.1, -0.05) is 0 Å². The summed E-state index contributed by atoms with van der Waals surface area (Å²) in [6, 6.07) is 1.98. The van der Waals surface area contributed by atoms with Crippen LogP contribution in [0.2, 0.25) is 0 Å². The summed E-state index contributed by atoms with van der Waals surface area (Å²) in [5, 5.41) is 6.08. The van der Waals surface area contributed by atoms with E-state index in [0.717, 1.165) is 11.3 Å². The standard InChI is InChI=1S/C8H8N2S2/c9-8(6-1-2-11-3-6)7-4-12-5-10-7/h1-5,8H,9H2. The second kappa shape index (κ2) is 3.35. The summed E-state index contributed by atoms with van der Waals surface area (Å²) in [4.78, 5) is 4.17. The Hall–Kier alpha value is -0.710. The van der Waals surface area contributed by atoms with Crippen molar-refractivity contribution in [2.24, 2.45) is 5.73 Å². The lowest BCUT2D eigenvalue weighted by atomic mass is 10.1. The molecule has 0 saturated carbocycles. The maximum atomic E-state index is 5.96. The van der Waals surface area contributed by atoms with Crippen LogP contribution in [0, 0.1) is 0 Å². The molecule has 0 fully saturated rings. The Labute approximate surface area is 78.7 Å². The van der Waals surface area contributed by atoms with Gasteiger partial charge in [0.1, 0.15) is 0 Å². The minimum absolute atomic E-state index is 0.0532. The minimum atomic E-state index is -0.0532. The molecule has 0 spiro atoms. The molecule has 0 aliphatic rings. The summed E-state index contributed by atoms with van der Waals surface area (Å²) in [5.41, 5.74) is 9.86. The van der Waals surface area contributed by atoms with E-state index in [2.05, 4.69) is 10.4 Å². The Bertz CT molecular complexity index is 292. The maximum absolute atomic E-state index is 5.96. The van der Waals surface area contributed by atoms with Crippen molar-refractivity contribution in [3.8, 4) is 0 Å². The number of thiazole rings is 1. The molecular formula is C8H8N2S2. The number of hydrogen-bond acceptors (Lipinski definition) is 4. The summed E-state index contributed by atoms with van der Waals surface area (Å²) >= 11 is 3.24. The molecule has 1 atom stereocenters. The van der Waals surface area contributed by atoms with Crippen LogP contribution in [0.3, 0.4) is 0 Å². The molecular weight excluding hydrogens is 188 g/mol. The molecule has 0 amide bonds. The molecule has 0 aliphatic heterocycles. The first-order valence-corrected chi connectivity index (χ1v) is 5.42. The highest BCUT2D eigenvalue weighted by Crippen LogP contribution is 2.20. The van der Waals surface area contributed by atoms with Crippen LogP contribution in [0.1, 0.15) is 17.3 Å². The van der Waals surface area contributed by atoms with E-state index >= 15 is 0 Å². The third kappa shape index (κ3) is 1.41. The van der Waals surface area contributed by atoms with Crippen molar-refractivity contribution in [2.75, 3.05) is 0 Å². The Morgan fingerprint density at radius 1 is 1.33 bits per heavy atom. The Morgan fingerprint density at radius 2 is 2.25 bits per heavy atom. The number of rotatable bonds is 2. The van der Waals surface area contributed by atoms with Crippen molar-refractivity contribution in [1.29, 1.82) is 0 Å². The first-order chi connectivity index (χ1) is 5.88. The number of hydrogen-bond donors (Lipinski definition) is 1. The van der Waals surface area contributed by atoms with Crippen molar-refractivity contribution < 1.29 is 0 Å². The largest absolute Gasteiger partial charge is 0.319 e. The summed E-state index contributed by atoms with van der Waals surface area (Å²) in [7, 11) is 0.